The Bertz CT molecular complexity index is 705. The minimum absolute atomic E-state index is 0.00365. The van der Waals surface area contributed by atoms with Crippen LogP contribution in [-0.4, -0.2) is 45.9 Å². The molecule has 0 aliphatic carbocycles. The summed E-state index contributed by atoms with van der Waals surface area (Å²) in [5.41, 5.74) is 0.393. The number of nitrogens with zero attached hydrogens (tertiary/aromatic N) is 1. The van der Waals surface area contributed by atoms with Crippen molar-refractivity contribution >= 4 is 21.6 Å². The van der Waals surface area contributed by atoms with Gasteiger partial charge >= 0.3 is 0 Å². The average molecular weight is 370 g/mol. The predicted molar refractivity (Wildman–Crippen MR) is 96.8 cm³/mol. The number of hydrogen-bond donors (Lipinski definition) is 1. The van der Waals surface area contributed by atoms with Gasteiger partial charge in [-0.2, -0.15) is 0 Å². The van der Waals surface area contributed by atoms with Crippen molar-refractivity contribution in [1.29, 1.82) is 0 Å². The summed E-state index contributed by atoms with van der Waals surface area (Å²) in [5.74, 6) is 0.636. The number of fused-ring (bicyclic) bond motifs is 1. The highest BCUT2D eigenvalue weighted by Crippen LogP contribution is 2.34. The first kappa shape index (κ1) is 19.4. The van der Waals surface area contributed by atoms with E-state index in [1.54, 1.807) is 25.1 Å². The van der Waals surface area contributed by atoms with E-state index in [-0.39, 0.29) is 24.2 Å². The largest absolute Gasteiger partial charge is 0.486 e. The third-order valence-electron chi connectivity index (χ3n) is 3.93. The first-order valence-electron chi connectivity index (χ1n) is 8.56. The van der Waals surface area contributed by atoms with Crippen molar-refractivity contribution in [3.05, 3.63) is 18.2 Å². The lowest BCUT2D eigenvalue weighted by Crippen LogP contribution is -2.44. The normalized spacial score (nSPS) is 14.7. The molecule has 1 heterocycles. The van der Waals surface area contributed by atoms with Gasteiger partial charge in [0.05, 0.1) is 11.4 Å². The van der Waals surface area contributed by atoms with Crippen LogP contribution < -0.4 is 19.1 Å². The lowest BCUT2D eigenvalue weighted by atomic mass is 10.2. The molecule has 0 fully saturated rings. The summed E-state index contributed by atoms with van der Waals surface area (Å²) >= 11 is 0. The molecule has 0 aromatic heterocycles. The van der Waals surface area contributed by atoms with Crippen LogP contribution in [0.5, 0.6) is 11.5 Å². The molecule has 0 saturated heterocycles. The van der Waals surface area contributed by atoms with E-state index in [0.29, 0.717) is 30.4 Å². The molecule has 1 atom stereocenters. The van der Waals surface area contributed by atoms with Crippen molar-refractivity contribution in [1.82, 2.24) is 5.32 Å². The Labute approximate surface area is 149 Å². The maximum absolute atomic E-state index is 12.5. The number of benzene rings is 1. The maximum atomic E-state index is 12.5. The predicted octanol–water partition coefficient (Wildman–Crippen LogP) is 1.92. The molecule has 0 saturated carbocycles. The van der Waals surface area contributed by atoms with Crippen molar-refractivity contribution in [2.45, 2.75) is 39.7 Å². The maximum Gasteiger partial charge on any atom is 0.240 e. The van der Waals surface area contributed by atoms with Gasteiger partial charge in [-0.1, -0.05) is 13.3 Å². The molecule has 7 nitrogen and oxygen atoms in total. The Kier molecular flexibility index (Phi) is 6.52. The minimum atomic E-state index is -3.61. The number of rotatable bonds is 8. The van der Waals surface area contributed by atoms with Crippen molar-refractivity contribution in [3.8, 4) is 11.5 Å². The third-order valence-corrected chi connectivity index (χ3v) is 5.67. The molecule has 1 aliphatic heterocycles. The van der Waals surface area contributed by atoms with Gasteiger partial charge in [0.25, 0.3) is 0 Å². The summed E-state index contributed by atoms with van der Waals surface area (Å²) in [6, 6.07) is 4.90. The fourth-order valence-electron chi connectivity index (χ4n) is 2.65. The zero-order chi connectivity index (χ0) is 18.4. The Morgan fingerprint density at radius 1 is 1.24 bits per heavy atom. The topological polar surface area (TPSA) is 84.9 Å². The van der Waals surface area contributed by atoms with Crippen LogP contribution in [0.4, 0.5) is 5.69 Å². The molecule has 0 bridgehead atoms. The SMILES string of the molecule is CCC[C@@H](C)NC(=O)CN(c1ccc2c(c1)OCCO2)S(=O)(=O)CC. The lowest BCUT2D eigenvalue weighted by molar-refractivity contribution is -0.120. The molecule has 25 heavy (non-hydrogen) atoms. The van der Waals surface area contributed by atoms with Gasteiger partial charge in [0, 0.05) is 12.1 Å². The zero-order valence-corrected chi connectivity index (χ0v) is 15.8. The number of carbonyl (C=O) groups excluding carboxylic acids is 1. The van der Waals surface area contributed by atoms with E-state index in [1.165, 1.54) is 0 Å². The van der Waals surface area contributed by atoms with Crippen LogP contribution in [0.1, 0.15) is 33.6 Å². The highest BCUT2D eigenvalue weighted by atomic mass is 32.2. The average Bonchev–Trinajstić information content (AvgIpc) is 2.59. The number of hydrogen-bond acceptors (Lipinski definition) is 5. The van der Waals surface area contributed by atoms with E-state index >= 15 is 0 Å². The summed E-state index contributed by atoms with van der Waals surface area (Å²) in [6.45, 7) is 6.10. The molecular formula is C17H26N2O5S. The molecule has 1 amide bonds. The van der Waals surface area contributed by atoms with Crippen LogP contribution in [0.15, 0.2) is 18.2 Å². The first-order valence-corrected chi connectivity index (χ1v) is 10.2. The fourth-order valence-corrected chi connectivity index (χ4v) is 3.71. The second-order valence-electron chi connectivity index (χ2n) is 5.99. The molecule has 8 heteroatoms. The third kappa shape index (κ3) is 5.01. The van der Waals surface area contributed by atoms with Crippen molar-refractivity contribution in [2.24, 2.45) is 0 Å². The summed E-state index contributed by atoms with van der Waals surface area (Å²) in [4.78, 5) is 12.3. The summed E-state index contributed by atoms with van der Waals surface area (Å²) in [5, 5.41) is 2.84. The van der Waals surface area contributed by atoms with Crippen LogP contribution in [0.25, 0.3) is 0 Å². The van der Waals surface area contributed by atoms with E-state index < -0.39 is 10.0 Å². The van der Waals surface area contributed by atoms with Crippen LogP contribution in [-0.2, 0) is 14.8 Å². The van der Waals surface area contributed by atoms with Crippen LogP contribution >= 0.6 is 0 Å². The van der Waals surface area contributed by atoms with Gasteiger partial charge in [0.1, 0.15) is 19.8 Å². The summed E-state index contributed by atoms with van der Waals surface area (Å²) in [7, 11) is -3.61. The van der Waals surface area contributed by atoms with Gasteiger partial charge in [0.2, 0.25) is 15.9 Å². The fraction of sp³-hybridized carbons (Fsp3) is 0.588. The van der Waals surface area contributed by atoms with E-state index in [0.717, 1.165) is 17.1 Å². The van der Waals surface area contributed by atoms with Gasteiger partial charge in [-0.3, -0.25) is 9.10 Å². The lowest BCUT2D eigenvalue weighted by Gasteiger charge is -2.26. The number of anilines is 1. The molecule has 0 unspecified atom stereocenters. The van der Waals surface area contributed by atoms with E-state index in [2.05, 4.69) is 5.32 Å². The number of carbonyl (C=O) groups is 1. The summed E-state index contributed by atoms with van der Waals surface area (Å²) in [6.07, 6.45) is 1.79. The Morgan fingerprint density at radius 2 is 1.92 bits per heavy atom. The van der Waals surface area contributed by atoms with Crippen molar-refractivity contribution in [3.63, 3.8) is 0 Å². The van der Waals surface area contributed by atoms with Gasteiger partial charge < -0.3 is 14.8 Å². The first-order chi connectivity index (χ1) is 11.9. The van der Waals surface area contributed by atoms with Crippen LogP contribution in [0, 0.1) is 0 Å². The minimum Gasteiger partial charge on any atom is -0.486 e. The number of amides is 1. The van der Waals surface area contributed by atoms with Gasteiger partial charge in [-0.15, -0.1) is 0 Å². The highest BCUT2D eigenvalue weighted by Gasteiger charge is 2.25. The van der Waals surface area contributed by atoms with E-state index in [4.69, 9.17) is 9.47 Å². The van der Waals surface area contributed by atoms with E-state index in [9.17, 15) is 13.2 Å². The monoisotopic (exact) mass is 370 g/mol. The molecule has 1 N–H and O–H groups in total. The van der Waals surface area contributed by atoms with Crippen LogP contribution in [0.3, 0.4) is 0 Å². The number of nitrogens with one attached hydrogen (secondary N) is 1. The molecule has 1 aromatic carbocycles. The molecule has 2 rings (SSSR count). The van der Waals surface area contributed by atoms with Gasteiger partial charge in [0.15, 0.2) is 11.5 Å². The second-order valence-corrected chi connectivity index (χ2v) is 8.17. The quantitative estimate of drug-likeness (QED) is 0.756. The smallest absolute Gasteiger partial charge is 0.240 e. The zero-order valence-electron chi connectivity index (χ0n) is 14.9. The molecule has 0 radical (unpaired) electrons. The highest BCUT2D eigenvalue weighted by molar-refractivity contribution is 7.92. The Hall–Kier alpha value is -1.96. The Morgan fingerprint density at radius 3 is 2.56 bits per heavy atom. The van der Waals surface area contributed by atoms with E-state index in [1.807, 2.05) is 13.8 Å². The summed E-state index contributed by atoms with van der Waals surface area (Å²) < 4.78 is 37.1. The van der Waals surface area contributed by atoms with Gasteiger partial charge in [-0.25, -0.2) is 8.42 Å². The van der Waals surface area contributed by atoms with Gasteiger partial charge in [-0.05, 0) is 32.4 Å². The number of sulfonamides is 1. The second kappa shape index (κ2) is 8.42. The molecule has 1 aromatic rings. The molecule has 140 valence electrons. The molecule has 1 aliphatic rings. The van der Waals surface area contributed by atoms with Crippen molar-refractivity contribution < 1.29 is 22.7 Å². The standard InChI is InChI=1S/C17H26N2O5S/c1-4-6-13(3)18-17(20)12-19(25(21,22)5-2)14-7-8-15-16(11-14)24-10-9-23-15/h7-8,11,13H,4-6,9-10,12H2,1-3H3,(H,18,20)/t13-/m1/s1. The number of ether oxygens (including phenoxy) is 2. The Balaban J connectivity index is 2.23. The van der Waals surface area contributed by atoms with Crippen molar-refractivity contribution in [2.75, 3.05) is 29.8 Å². The van der Waals surface area contributed by atoms with Crippen LogP contribution in [0.2, 0.25) is 0 Å². The molecular weight excluding hydrogens is 344 g/mol. The molecule has 0 spiro atoms.